The van der Waals surface area contributed by atoms with Gasteiger partial charge in [0.15, 0.2) is 0 Å². The van der Waals surface area contributed by atoms with Crippen LogP contribution in [0.5, 0.6) is 0 Å². The Bertz CT molecular complexity index is 223. The summed E-state index contributed by atoms with van der Waals surface area (Å²) in [7, 11) is 0. The van der Waals surface area contributed by atoms with Crippen LogP contribution in [0.4, 0.5) is 0 Å². The molecule has 1 N–H and O–H groups in total. The topological polar surface area (TPSA) is 29.5 Å². The van der Waals surface area contributed by atoms with Crippen LogP contribution < -0.4 is 0 Å². The molecule has 1 saturated heterocycles. The average Bonchev–Trinajstić information content (AvgIpc) is 2.52. The SMILES string of the molecule is CCC1CCCC(O)(CC2CCOCC2)CC1. The third-order valence-electron chi connectivity index (χ3n) is 4.86. The predicted molar refractivity (Wildman–Crippen MR) is 70.0 cm³/mol. The maximum absolute atomic E-state index is 10.8. The summed E-state index contributed by atoms with van der Waals surface area (Å²) in [6.45, 7) is 4.09. The third-order valence-corrected chi connectivity index (χ3v) is 4.86. The predicted octanol–water partition coefficient (Wildman–Crippen LogP) is 3.52. The average molecular weight is 240 g/mol. The molecule has 1 saturated carbocycles. The molecular formula is C15H28O2. The number of rotatable bonds is 3. The zero-order valence-corrected chi connectivity index (χ0v) is 11.3. The van der Waals surface area contributed by atoms with Crippen LogP contribution in [0.2, 0.25) is 0 Å². The van der Waals surface area contributed by atoms with E-state index in [4.69, 9.17) is 4.74 Å². The largest absolute Gasteiger partial charge is 0.390 e. The van der Waals surface area contributed by atoms with Crippen molar-refractivity contribution in [1.82, 2.24) is 0 Å². The molecule has 2 atom stereocenters. The third kappa shape index (κ3) is 3.96. The van der Waals surface area contributed by atoms with Gasteiger partial charge in [-0.3, -0.25) is 0 Å². The highest BCUT2D eigenvalue weighted by atomic mass is 16.5. The van der Waals surface area contributed by atoms with Crippen molar-refractivity contribution in [3.63, 3.8) is 0 Å². The first-order chi connectivity index (χ1) is 8.22. The minimum absolute atomic E-state index is 0.355. The Balaban J connectivity index is 1.84. The van der Waals surface area contributed by atoms with Crippen molar-refractivity contribution in [2.24, 2.45) is 11.8 Å². The summed E-state index contributed by atoms with van der Waals surface area (Å²) in [5.41, 5.74) is -0.355. The quantitative estimate of drug-likeness (QED) is 0.765. The van der Waals surface area contributed by atoms with Crippen LogP contribution in [0.25, 0.3) is 0 Å². The Labute approximate surface area is 106 Å². The molecule has 2 fully saturated rings. The van der Waals surface area contributed by atoms with Crippen molar-refractivity contribution >= 4 is 0 Å². The second kappa shape index (κ2) is 6.19. The Morgan fingerprint density at radius 1 is 1.06 bits per heavy atom. The molecule has 1 heterocycles. The van der Waals surface area contributed by atoms with Gasteiger partial charge in [0, 0.05) is 13.2 Å². The van der Waals surface area contributed by atoms with E-state index in [1.54, 1.807) is 0 Å². The van der Waals surface area contributed by atoms with Crippen LogP contribution >= 0.6 is 0 Å². The van der Waals surface area contributed by atoms with E-state index >= 15 is 0 Å². The van der Waals surface area contributed by atoms with E-state index in [1.165, 1.54) is 25.7 Å². The highest BCUT2D eigenvalue weighted by molar-refractivity contribution is 4.86. The Hall–Kier alpha value is -0.0800. The molecular weight excluding hydrogens is 212 g/mol. The molecule has 2 aliphatic rings. The van der Waals surface area contributed by atoms with Crippen LogP contribution in [-0.4, -0.2) is 23.9 Å². The zero-order valence-electron chi connectivity index (χ0n) is 11.3. The van der Waals surface area contributed by atoms with E-state index in [-0.39, 0.29) is 5.60 Å². The van der Waals surface area contributed by atoms with Gasteiger partial charge >= 0.3 is 0 Å². The normalized spacial score (nSPS) is 36.7. The van der Waals surface area contributed by atoms with E-state index in [0.717, 1.165) is 51.2 Å². The van der Waals surface area contributed by atoms with Crippen LogP contribution in [0, 0.1) is 11.8 Å². The Kier molecular flexibility index (Phi) is 4.87. The molecule has 0 amide bonds. The van der Waals surface area contributed by atoms with Gasteiger partial charge in [0.05, 0.1) is 5.60 Å². The molecule has 0 aromatic rings. The first-order valence-electron chi connectivity index (χ1n) is 7.52. The van der Waals surface area contributed by atoms with Gasteiger partial charge in [-0.2, -0.15) is 0 Å². The van der Waals surface area contributed by atoms with Crippen LogP contribution in [0.15, 0.2) is 0 Å². The highest BCUT2D eigenvalue weighted by Gasteiger charge is 2.33. The summed E-state index contributed by atoms with van der Waals surface area (Å²) in [6, 6.07) is 0. The fourth-order valence-corrected chi connectivity index (χ4v) is 3.56. The lowest BCUT2D eigenvalue weighted by Gasteiger charge is -2.33. The second-order valence-corrected chi connectivity index (χ2v) is 6.19. The molecule has 0 aromatic carbocycles. The maximum atomic E-state index is 10.8. The summed E-state index contributed by atoms with van der Waals surface area (Å²) in [5, 5.41) is 10.8. The van der Waals surface area contributed by atoms with Gasteiger partial charge in [-0.25, -0.2) is 0 Å². The van der Waals surface area contributed by atoms with Gasteiger partial charge in [-0.15, -0.1) is 0 Å². The van der Waals surface area contributed by atoms with Crippen molar-refractivity contribution in [2.45, 2.75) is 70.3 Å². The summed E-state index contributed by atoms with van der Waals surface area (Å²) in [6.07, 6.45) is 10.4. The molecule has 17 heavy (non-hydrogen) atoms. The summed E-state index contributed by atoms with van der Waals surface area (Å²) in [5.74, 6) is 1.56. The van der Waals surface area contributed by atoms with E-state index in [9.17, 15) is 5.11 Å². The summed E-state index contributed by atoms with van der Waals surface area (Å²) >= 11 is 0. The highest BCUT2D eigenvalue weighted by Crippen LogP contribution is 2.37. The van der Waals surface area contributed by atoms with E-state index in [2.05, 4.69) is 6.92 Å². The van der Waals surface area contributed by atoms with E-state index in [1.807, 2.05) is 0 Å². The van der Waals surface area contributed by atoms with Crippen molar-refractivity contribution in [3.05, 3.63) is 0 Å². The summed E-state index contributed by atoms with van der Waals surface area (Å²) in [4.78, 5) is 0. The monoisotopic (exact) mass is 240 g/mol. The number of ether oxygens (including phenoxy) is 1. The second-order valence-electron chi connectivity index (χ2n) is 6.19. The summed E-state index contributed by atoms with van der Waals surface area (Å²) < 4.78 is 5.40. The van der Waals surface area contributed by atoms with Crippen molar-refractivity contribution in [3.8, 4) is 0 Å². The molecule has 1 aliphatic heterocycles. The molecule has 0 spiro atoms. The number of hydrogen-bond donors (Lipinski definition) is 1. The van der Waals surface area contributed by atoms with Crippen LogP contribution in [0.3, 0.4) is 0 Å². The first kappa shape index (κ1) is 13.4. The maximum Gasteiger partial charge on any atom is 0.0650 e. The smallest absolute Gasteiger partial charge is 0.0650 e. The first-order valence-corrected chi connectivity index (χ1v) is 7.52. The van der Waals surface area contributed by atoms with Crippen molar-refractivity contribution in [1.29, 1.82) is 0 Å². The number of hydrogen-bond acceptors (Lipinski definition) is 2. The molecule has 2 unspecified atom stereocenters. The lowest BCUT2D eigenvalue weighted by molar-refractivity contribution is -0.0224. The van der Waals surface area contributed by atoms with Gasteiger partial charge < -0.3 is 9.84 Å². The lowest BCUT2D eigenvalue weighted by atomic mass is 9.81. The Morgan fingerprint density at radius 3 is 2.53 bits per heavy atom. The van der Waals surface area contributed by atoms with Crippen LogP contribution in [0.1, 0.15) is 64.7 Å². The van der Waals surface area contributed by atoms with Gasteiger partial charge in [0.25, 0.3) is 0 Å². The van der Waals surface area contributed by atoms with E-state index in [0.29, 0.717) is 5.92 Å². The van der Waals surface area contributed by atoms with Gasteiger partial charge in [-0.1, -0.05) is 26.2 Å². The minimum Gasteiger partial charge on any atom is -0.390 e. The van der Waals surface area contributed by atoms with E-state index < -0.39 is 0 Å². The van der Waals surface area contributed by atoms with Gasteiger partial charge in [0.1, 0.15) is 0 Å². The lowest BCUT2D eigenvalue weighted by Crippen LogP contribution is -2.33. The van der Waals surface area contributed by atoms with Gasteiger partial charge in [-0.05, 0) is 50.4 Å². The number of aliphatic hydroxyl groups is 1. The molecule has 2 rings (SSSR count). The van der Waals surface area contributed by atoms with Crippen LogP contribution in [-0.2, 0) is 4.74 Å². The van der Waals surface area contributed by atoms with Gasteiger partial charge in [0.2, 0.25) is 0 Å². The molecule has 0 bridgehead atoms. The molecule has 2 nitrogen and oxygen atoms in total. The fourth-order valence-electron chi connectivity index (χ4n) is 3.56. The zero-order chi connectivity index (χ0) is 12.1. The molecule has 0 aromatic heterocycles. The molecule has 0 radical (unpaired) electrons. The Morgan fingerprint density at radius 2 is 1.82 bits per heavy atom. The molecule has 1 aliphatic carbocycles. The van der Waals surface area contributed by atoms with Crippen molar-refractivity contribution in [2.75, 3.05) is 13.2 Å². The van der Waals surface area contributed by atoms with Crippen molar-refractivity contribution < 1.29 is 9.84 Å². The standard InChI is InChI=1S/C15H28O2/c1-2-13-4-3-8-15(16,9-5-13)12-14-6-10-17-11-7-14/h13-14,16H,2-12H2,1H3. The molecule has 2 heteroatoms. The fraction of sp³-hybridized carbons (Fsp3) is 1.00. The molecule has 100 valence electrons. The minimum atomic E-state index is -0.355.